The van der Waals surface area contributed by atoms with E-state index in [1.807, 2.05) is 0 Å². The third-order valence-corrected chi connectivity index (χ3v) is 1.52. The van der Waals surface area contributed by atoms with Gasteiger partial charge < -0.3 is 10.2 Å². The van der Waals surface area contributed by atoms with Gasteiger partial charge in [-0.15, -0.1) is 0 Å². The summed E-state index contributed by atoms with van der Waals surface area (Å²) in [6.45, 7) is 1.03. The first kappa shape index (κ1) is 9.40. The lowest BCUT2D eigenvalue weighted by molar-refractivity contribution is -0.386. The molecule has 0 fully saturated rings. The Labute approximate surface area is 73.6 Å². The van der Waals surface area contributed by atoms with Crippen molar-refractivity contribution in [2.24, 2.45) is 0 Å². The molecule has 0 saturated carbocycles. The average molecular weight is 184 g/mol. The summed E-state index contributed by atoms with van der Waals surface area (Å²) in [5.74, 6) is -0.571. The van der Waals surface area contributed by atoms with Crippen molar-refractivity contribution in [2.75, 3.05) is 0 Å². The third kappa shape index (κ3) is 1.73. The van der Waals surface area contributed by atoms with Crippen LogP contribution in [0.4, 0.5) is 5.69 Å². The van der Waals surface area contributed by atoms with Crippen molar-refractivity contribution in [1.82, 2.24) is 4.98 Å². The molecule has 13 heavy (non-hydrogen) atoms. The minimum Gasteiger partial charge on any atom is -0.501 e. The van der Waals surface area contributed by atoms with Gasteiger partial charge in [-0.3, -0.25) is 15.1 Å². The van der Waals surface area contributed by atoms with E-state index in [0.717, 1.165) is 6.07 Å². The van der Waals surface area contributed by atoms with Crippen LogP contribution in [0.1, 0.15) is 11.4 Å². The molecular weight excluding hydrogens is 176 g/mol. The molecule has 0 saturated heterocycles. The van der Waals surface area contributed by atoms with Crippen LogP contribution in [0.3, 0.4) is 0 Å². The quantitative estimate of drug-likeness (QED) is 0.515. The Kier molecular flexibility index (Phi) is 2.43. The number of aliphatic hydroxyl groups is 1. The van der Waals surface area contributed by atoms with Crippen LogP contribution < -0.4 is 0 Å². The SMILES string of the molecule is Cc1cc([N+](=O)[O-])c(O)c(CO)n1. The summed E-state index contributed by atoms with van der Waals surface area (Å²) in [5, 5.41) is 28.3. The van der Waals surface area contributed by atoms with Gasteiger partial charge in [-0.05, 0) is 6.92 Å². The summed E-state index contributed by atoms with van der Waals surface area (Å²) in [6, 6.07) is 1.15. The summed E-state index contributed by atoms with van der Waals surface area (Å²) < 4.78 is 0. The van der Waals surface area contributed by atoms with Crippen LogP contribution in [0.15, 0.2) is 6.07 Å². The Morgan fingerprint density at radius 1 is 1.69 bits per heavy atom. The topological polar surface area (TPSA) is 96.5 Å². The van der Waals surface area contributed by atoms with Crippen molar-refractivity contribution < 1.29 is 15.1 Å². The molecule has 0 aliphatic heterocycles. The number of nitro groups is 1. The monoisotopic (exact) mass is 184 g/mol. The van der Waals surface area contributed by atoms with Crippen molar-refractivity contribution in [3.63, 3.8) is 0 Å². The Bertz CT molecular complexity index is 351. The van der Waals surface area contributed by atoms with Crippen LogP contribution in [0.2, 0.25) is 0 Å². The molecular formula is C7H8N2O4. The molecule has 0 aliphatic rings. The molecule has 0 unspecified atom stereocenters. The summed E-state index contributed by atoms with van der Waals surface area (Å²) in [4.78, 5) is 13.4. The number of nitrogens with zero attached hydrogens (tertiary/aromatic N) is 2. The number of aromatic nitrogens is 1. The van der Waals surface area contributed by atoms with Crippen LogP contribution in [0.25, 0.3) is 0 Å². The first-order chi connectivity index (χ1) is 6.06. The van der Waals surface area contributed by atoms with Crippen LogP contribution in [0.5, 0.6) is 5.75 Å². The van der Waals surface area contributed by atoms with E-state index in [1.165, 1.54) is 0 Å². The molecule has 1 heterocycles. The van der Waals surface area contributed by atoms with E-state index < -0.39 is 23.0 Å². The minimum absolute atomic E-state index is 0.0771. The Hall–Kier alpha value is -1.69. The van der Waals surface area contributed by atoms with Gasteiger partial charge in [0.05, 0.1) is 11.5 Å². The van der Waals surface area contributed by atoms with Gasteiger partial charge in [0.25, 0.3) is 0 Å². The van der Waals surface area contributed by atoms with Gasteiger partial charge in [-0.25, -0.2) is 0 Å². The molecule has 0 spiro atoms. The Balaban J connectivity index is 3.35. The fourth-order valence-electron chi connectivity index (χ4n) is 0.962. The molecule has 2 N–H and O–H groups in total. The van der Waals surface area contributed by atoms with Gasteiger partial charge in [0.2, 0.25) is 5.75 Å². The molecule has 0 atom stereocenters. The number of hydrogen-bond acceptors (Lipinski definition) is 5. The largest absolute Gasteiger partial charge is 0.501 e. The number of aromatic hydroxyl groups is 1. The highest BCUT2D eigenvalue weighted by Crippen LogP contribution is 2.28. The van der Waals surface area contributed by atoms with Crippen molar-refractivity contribution in [1.29, 1.82) is 0 Å². The molecule has 0 radical (unpaired) electrons. The van der Waals surface area contributed by atoms with E-state index in [9.17, 15) is 15.2 Å². The molecule has 1 aromatic rings. The highest BCUT2D eigenvalue weighted by atomic mass is 16.6. The number of pyridine rings is 1. The lowest BCUT2D eigenvalue weighted by Gasteiger charge is -2.02. The molecule has 0 bridgehead atoms. The zero-order valence-electron chi connectivity index (χ0n) is 6.89. The van der Waals surface area contributed by atoms with Crippen molar-refractivity contribution in [3.05, 3.63) is 27.6 Å². The lowest BCUT2D eigenvalue weighted by atomic mass is 10.2. The summed E-state index contributed by atoms with van der Waals surface area (Å²) in [7, 11) is 0. The molecule has 70 valence electrons. The van der Waals surface area contributed by atoms with E-state index in [-0.39, 0.29) is 5.69 Å². The minimum atomic E-state index is -0.719. The van der Waals surface area contributed by atoms with Gasteiger partial charge in [0, 0.05) is 11.8 Å². The van der Waals surface area contributed by atoms with E-state index in [4.69, 9.17) is 5.11 Å². The molecule has 6 nitrogen and oxygen atoms in total. The second kappa shape index (κ2) is 3.36. The maximum Gasteiger partial charge on any atom is 0.314 e. The van der Waals surface area contributed by atoms with Crippen LogP contribution in [-0.2, 0) is 6.61 Å². The molecule has 1 aromatic heterocycles. The lowest BCUT2D eigenvalue weighted by Crippen LogP contribution is -1.97. The zero-order chi connectivity index (χ0) is 10.0. The first-order valence-electron chi connectivity index (χ1n) is 3.51. The predicted octanol–water partition coefficient (Wildman–Crippen LogP) is 0.496. The van der Waals surface area contributed by atoms with Crippen molar-refractivity contribution in [2.45, 2.75) is 13.5 Å². The molecule has 6 heteroatoms. The van der Waals surface area contributed by atoms with E-state index in [2.05, 4.69) is 4.98 Å². The Morgan fingerprint density at radius 2 is 2.31 bits per heavy atom. The van der Waals surface area contributed by atoms with Crippen molar-refractivity contribution >= 4 is 5.69 Å². The second-order valence-corrected chi connectivity index (χ2v) is 2.49. The number of rotatable bonds is 2. The highest BCUT2D eigenvalue weighted by Gasteiger charge is 2.18. The van der Waals surface area contributed by atoms with Gasteiger partial charge >= 0.3 is 5.69 Å². The maximum absolute atomic E-state index is 10.4. The first-order valence-corrected chi connectivity index (χ1v) is 3.51. The predicted molar refractivity (Wildman–Crippen MR) is 43.2 cm³/mol. The average Bonchev–Trinajstić information content (AvgIpc) is 2.08. The van der Waals surface area contributed by atoms with Gasteiger partial charge in [-0.1, -0.05) is 0 Å². The van der Waals surface area contributed by atoms with E-state index >= 15 is 0 Å². The fraction of sp³-hybridized carbons (Fsp3) is 0.286. The smallest absolute Gasteiger partial charge is 0.314 e. The molecule has 1 rings (SSSR count). The zero-order valence-corrected chi connectivity index (χ0v) is 6.89. The van der Waals surface area contributed by atoms with E-state index in [0.29, 0.717) is 5.69 Å². The van der Waals surface area contributed by atoms with Crippen molar-refractivity contribution in [3.8, 4) is 5.75 Å². The van der Waals surface area contributed by atoms with E-state index in [1.54, 1.807) is 6.92 Å². The number of aryl methyl sites for hydroxylation is 1. The molecule has 0 aliphatic carbocycles. The Morgan fingerprint density at radius 3 is 2.77 bits per heavy atom. The third-order valence-electron chi connectivity index (χ3n) is 1.52. The number of hydrogen-bond donors (Lipinski definition) is 2. The normalized spacial score (nSPS) is 10.0. The highest BCUT2D eigenvalue weighted by molar-refractivity contribution is 5.48. The second-order valence-electron chi connectivity index (χ2n) is 2.49. The van der Waals surface area contributed by atoms with Gasteiger partial charge in [0.15, 0.2) is 0 Å². The number of aliphatic hydroxyl groups excluding tert-OH is 1. The van der Waals surface area contributed by atoms with Gasteiger partial charge in [-0.2, -0.15) is 0 Å². The summed E-state index contributed by atoms with van der Waals surface area (Å²) in [6.07, 6.45) is 0. The fourth-order valence-corrected chi connectivity index (χ4v) is 0.962. The van der Waals surface area contributed by atoms with Crippen LogP contribution in [-0.4, -0.2) is 20.1 Å². The van der Waals surface area contributed by atoms with Crippen LogP contribution in [0, 0.1) is 17.0 Å². The van der Waals surface area contributed by atoms with Crippen LogP contribution >= 0.6 is 0 Å². The standard InChI is InChI=1S/C7H8N2O4/c1-4-2-6(9(12)13)7(11)5(3-10)8-4/h2,10-11H,3H2,1H3. The molecule has 0 amide bonds. The maximum atomic E-state index is 10.4. The molecule has 0 aromatic carbocycles. The summed E-state index contributed by atoms with van der Waals surface area (Å²) in [5.41, 5.74) is -0.128. The summed E-state index contributed by atoms with van der Waals surface area (Å²) >= 11 is 0. The van der Waals surface area contributed by atoms with Gasteiger partial charge in [0.1, 0.15) is 5.69 Å².